The molecule has 2 saturated heterocycles. The van der Waals surface area contributed by atoms with E-state index >= 15 is 0 Å². The van der Waals surface area contributed by atoms with Gasteiger partial charge in [0.2, 0.25) is 0 Å². The topological polar surface area (TPSA) is 58.8 Å². The molecule has 5 nitrogen and oxygen atoms in total. The van der Waals surface area contributed by atoms with E-state index in [2.05, 4.69) is 4.90 Å². The third-order valence-corrected chi connectivity index (χ3v) is 4.29. The Labute approximate surface area is 119 Å². The Morgan fingerprint density at radius 2 is 2.15 bits per heavy atom. The minimum absolute atomic E-state index is 0.0575. The smallest absolute Gasteiger partial charge is 0.254 e. The van der Waals surface area contributed by atoms with Gasteiger partial charge in [0.1, 0.15) is 5.75 Å². The average molecular weight is 275 g/mol. The number of nitrogens with two attached hydrogens (primary N) is 1. The lowest BCUT2D eigenvalue weighted by molar-refractivity contribution is 0.0571. The Hall–Kier alpha value is -1.75. The summed E-state index contributed by atoms with van der Waals surface area (Å²) >= 11 is 0. The van der Waals surface area contributed by atoms with E-state index in [4.69, 9.17) is 10.5 Å². The third kappa shape index (κ3) is 2.45. The van der Waals surface area contributed by atoms with E-state index in [-0.39, 0.29) is 5.91 Å². The van der Waals surface area contributed by atoms with Crippen molar-refractivity contribution in [2.24, 2.45) is 0 Å². The average Bonchev–Trinajstić information content (AvgIpc) is 2.93. The predicted octanol–water partition coefficient (Wildman–Crippen LogP) is 1.20. The maximum atomic E-state index is 12.6. The number of amides is 1. The van der Waals surface area contributed by atoms with Crippen LogP contribution >= 0.6 is 0 Å². The Balaban J connectivity index is 1.77. The molecule has 0 bridgehead atoms. The highest BCUT2D eigenvalue weighted by molar-refractivity contribution is 5.95. The summed E-state index contributed by atoms with van der Waals surface area (Å²) in [5.74, 6) is 0.690. The molecule has 3 rings (SSSR count). The molecule has 1 atom stereocenters. The third-order valence-electron chi connectivity index (χ3n) is 4.29. The Bertz CT molecular complexity index is 518. The second kappa shape index (κ2) is 5.32. The summed E-state index contributed by atoms with van der Waals surface area (Å²) in [6, 6.07) is 5.76. The zero-order valence-corrected chi connectivity index (χ0v) is 11.8. The maximum Gasteiger partial charge on any atom is 0.254 e. The number of hydrogen-bond acceptors (Lipinski definition) is 4. The van der Waals surface area contributed by atoms with Crippen LogP contribution in [-0.4, -0.2) is 55.0 Å². The fraction of sp³-hybridized carbons (Fsp3) is 0.533. The highest BCUT2D eigenvalue weighted by Gasteiger charge is 2.32. The Kier molecular flexibility index (Phi) is 3.53. The molecule has 1 aromatic rings. The normalized spacial score (nSPS) is 22.6. The Morgan fingerprint density at radius 1 is 1.30 bits per heavy atom. The molecule has 2 fully saturated rings. The molecule has 0 aliphatic carbocycles. The summed E-state index contributed by atoms with van der Waals surface area (Å²) in [5.41, 5.74) is 7.01. The molecule has 1 aromatic carbocycles. The van der Waals surface area contributed by atoms with Crippen molar-refractivity contribution in [2.75, 3.05) is 39.0 Å². The van der Waals surface area contributed by atoms with Crippen LogP contribution in [0.4, 0.5) is 5.69 Å². The van der Waals surface area contributed by atoms with Gasteiger partial charge in [-0.15, -0.1) is 0 Å². The van der Waals surface area contributed by atoms with Gasteiger partial charge in [0, 0.05) is 43.0 Å². The lowest BCUT2D eigenvalue weighted by Crippen LogP contribution is -2.52. The van der Waals surface area contributed by atoms with Crippen LogP contribution in [0.25, 0.3) is 0 Å². The van der Waals surface area contributed by atoms with E-state index in [9.17, 15) is 4.79 Å². The largest absolute Gasteiger partial charge is 0.497 e. The number of piperazine rings is 1. The first kappa shape index (κ1) is 13.2. The molecule has 0 spiro atoms. The van der Waals surface area contributed by atoms with Gasteiger partial charge in [-0.3, -0.25) is 9.69 Å². The molecule has 2 N–H and O–H groups in total. The van der Waals surface area contributed by atoms with Crippen molar-refractivity contribution in [3.05, 3.63) is 23.8 Å². The van der Waals surface area contributed by atoms with E-state index in [1.165, 1.54) is 19.4 Å². The highest BCUT2D eigenvalue weighted by atomic mass is 16.5. The van der Waals surface area contributed by atoms with E-state index in [0.717, 1.165) is 19.6 Å². The summed E-state index contributed by atoms with van der Waals surface area (Å²) < 4.78 is 5.18. The van der Waals surface area contributed by atoms with Gasteiger partial charge in [0.25, 0.3) is 5.91 Å². The molecule has 2 heterocycles. The quantitative estimate of drug-likeness (QED) is 0.824. The molecule has 0 saturated carbocycles. The Morgan fingerprint density at radius 3 is 2.95 bits per heavy atom. The van der Waals surface area contributed by atoms with E-state index in [1.807, 2.05) is 4.90 Å². The summed E-state index contributed by atoms with van der Waals surface area (Å²) in [4.78, 5) is 17.0. The van der Waals surface area contributed by atoms with Crippen molar-refractivity contribution < 1.29 is 9.53 Å². The number of fused-ring (bicyclic) bond motifs is 1. The summed E-state index contributed by atoms with van der Waals surface area (Å²) in [6.45, 7) is 3.79. The standard InChI is InChI=1S/C15H21N3O2/c1-20-14-8-11(7-12(16)9-14)15(19)18-6-5-17-4-2-3-13(17)10-18/h7-9,13H,2-6,10,16H2,1H3. The minimum Gasteiger partial charge on any atom is -0.497 e. The van der Waals surface area contributed by atoms with Gasteiger partial charge in [-0.25, -0.2) is 0 Å². The lowest BCUT2D eigenvalue weighted by Gasteiger charge is -2.37. The fourth-order valence-corrected chi connectivity index (χ4v) is 3.22. The van der Waals surface area contributed by atoms with Gasteiger partial charge in [-0.1, -0.05) is 0 Å². The molecule has 2 aliphatic rings. The van der Waals surface area contributed by atoms with E-state index in [0.29, 0.717) is 23.0 Å². The summed E-state index contributed by atoms with van der Waals surface area (Å²) in [5, 5.41) is 0. The number of carbonyl (C=O) groups excluding carboxylic acids is 1. The number of anilines is 1. The van der Waals surface area contributed by atoms with Crippen molar-refractivity contribution in [3.8, 4) is 5.75 Å². The van der Waals surface area contributed by atoms with Crippen LogP contribution in [0, 0.1) is 0 Å². The van der Waals surface area contributed by atoms with Gasteiger partial charge in [-0.2, -0.15) is 0 Å². The summed E-state index contributed by atoms with van der Waals surface area (Å²) in [6.07, 6.45) is 2.45. The molecule has 0 radical (unpaired) electrons. The number of nitrogens with zero attached hydrogens (tertiary/aromatic N) is 2. The minimum atomic E-state index is 0.0575. The van der Waals surface area contributed by atoms with Crippen molar-refractivity contribution in [3.63, 3.8) is 0 Å². The van der Waals surface area contributed by atoms with Crippen LogP contribution in [0.2, 0.25) is 0 Å². The SMILES string of the molecule is COc1cc(N)cc(C(=O)N2CCN3CCCC3C2)c1. The van der Waals surface area contributed by atoms with E-state index < -0.39 is 0 Å². The van der Waals surface area contributed by atoms with Crippen LogP contribution in [0.15, 0.2) is 18.2 Å². The highest BCUT2D eigenvalue weighted by Crippen LogP contribution is 2.24. The number of ether oxygens (including phenoxy) is 1. The van der Waals surface area contributed by atoms with Crippen LogP contribution in [0.1, 0.15) is 23.2 Å². The first-order chi connectivity index (χ1) is 9.67. The number of nitrogen functional groups attached to an aromatic ring is 1. The molecule has 108 valence electrons. The number of methoxy groups -OCH3 is 1. The molecular weight excluding hydrogens is 254 g/mol. The van der Waals surface area contributed by atoms with Crippen LogP contribution in [-0.2, 0) is 0 Å². The lowest BCUT2D eigenvalue weighted by atomic mass is 10.1. The van der Waals surface area contributed by atoms with Crippen LogP contribution < -0.4 is 10.5 Å². The van der Waals surface area contributed by atoms with E-state index in [1.54, 1.807) is 25.3 Å². The van der Waals surface area contributed by atoms with Gasteiger partial charge in [-0.05, 0) is 31.5 Å². The zero-order valence-electron chi connectivity index (χ0n) is 11.8. The molecule has 2 aliphatic heterocycles. The van der Waals surface area contributed by atoms with Crippen LogP contribution in [0.3, 0.4) is 0 Å². The molecule has 20 heavy (non-hydrogen) atoms. The molecule has 1 amide bonds. The number of hydrogen-bond donors (Lipinski definition) is 1. The van der Waals surface area contributed by atoms with Gasteiger partial charge in [0.15, 0.2) is 0 Å². The first-order valence-electron chi connectivity index (χ1n) is 7.15. The molecule has 5 heteroatoms. The summed E-state index contributed by atoms with van der Waals surface area (Å²) in [7, 11) is 1.58. The van der Waals surface area contributed by atoms with Gasteiger partial charge >= 0.3 is 0 Å². The zero-order chi connectivity index (χ0) is 14.1. The number of carbonyl (C=O) groups is 1. The first-order valence-corrected chi connectivity index (χ1v) is 7.15. The molecule has 1 unspecified atom stereocenters. The molecular formula is C15H21N3O2. The van der Waals surface area contributed by atoms with Crippen molar-refractivity contribution >= 4 is 11.6 Å². The fourth-order valence-electron chi connectivity index (χ4n) is 3.22. The number of rotatable bonds is 2. The van der Waals surface area contributed by atoms with Crippen molar-refractivity contribution in [1.82, 2.24) is 9.80 Å². The van der Waals surface area contributed by atoms with Gasteiger partial charge in [0.05, 0.1) is 7.11 Å². The second-order valence-corrected chi connectivity index (χ2v) is 5.58. The number of benzene rings is 1. The molecule has 0 aromatic heterocycles. The second-order valence-electron chi connectivity index (χ2n) is 5.58. The predicted molar refractivity (Wildman–Crippen MR) is 77.9 cm³/mol. The maximum absolute atomic E-state index is 12.6. The van der Waals surface area contributed by atoms with Crippen LogP contribution in [0.5, 0.6) is 5.75 Å². The monoisotopic (exact) mass is 275 g/mol. The van der Waals surface area contributed by atoms with Gasteiger partial charge < -0.3 is 15.4 Å². The van der Waals surface area contributed by atoms with Crippen molar-refractivity contribution in [1.29, 1.82) is 0 Å². The van der Waals surface area contributed by atoms with Crippen molar-refractivity contribution in [2.45, 2.75) is 18.9 Å².